The number of phenolic OH excluding ortho intramolecular Hbond substituents is 1. The van der Waals surface area contributed by atoms with Gasteiger partial charge in [-0.15, -0.1) is 0 Å². The number of phenols is 1. The lowest BCUT2D eigenvalue weighted by Gasteiger charge is -2.34. The van der Waals surface area contributed by atoms with E-state index < -0.39 is 47.9 Å². The molecule has 3 fully saturated rings. The summed E-state index contributed by atoms with van der Waals surface area (Å²) in [7, 11) is 0. The number of ether oxygens (including phenoxy) is 1. The quantitative estimate of drug-likeness (QED) is 0.254. The van der Waals surface area contributed by atoms with Gasteiger partial charge in [0.05, 0.1) is 12.1 Å². The van der Waals surface area contributed by atoms with Crippen LogP contribution < -0.4 is 20.3 Å². The molecule has 4 aromatic rings. The molecule has 0 spiro atoms. The van der Waals surface area contributed by atoms with E-state index in [1.54, 1.807) is 6.92 Å². The third-order valence-electron chi connectivity index (χ3n) is 8.74. The molecule has 12 heteroatoms. The fourth-order valence-electron chi connectivity index (χ4n) is 6.82. The van der Waals surface area contributed by atoms with E-state index in [0.29, 0.717) is 18.5 Å². The highest BCUT2D eigenvalue weighted by Crippen LogP contribution is 2.42. The number of fused-ring (bicyclic) bond motifs is 4. The van der Waals surface area contributed by atoms with Crippen LogP contribution in [0.5, 0.6) is 11.8 Å². The summed E-state index contributed by atoms with van der Waals surface area (Å²) in [5.41, 5.74) is -0.445. The molecule has 0 aliphatic carbocycles. The molecule has 0 radical (unpaired) electrons. The molecular formula is C31H30F5N5O2. The molecule has 0 unspecified atom stereocenters. The van der Waals surface area contributed by atoms with Crippen molar-refractivity contribution in [1.29, 1.82) is 0 Å². The smallest absolute Gasteiger partial charge is 0.319 e. The van der Waals surface area contributed by atoms with Crippen molar-refractivity contribution in [2.45, 2.75) is 56.7 Å². The Hall–Kier alpha value is -3.77. The number of alkyl halides is 2. The van der Waals surface area contributed by atoms with E-state index in [-0.39, 0.29) is 70.1 Å². The molecule has 226 valence electrons. The van der Waals surface area contributed by atoms with Crippen molar-refractivity contribution < 1.29 is 31.8 Å². The topological polar surface area (TPSA) is 82.5 Å². The highest BCUT2D eigenvalue weighted by Gasteiger charge is 2.40. The second kappa shape index (κ2) is 10.4. The van der Waals surface area contributed by atoms with E-state index in [1.165, 1.54) is 24.3 Å². The molecule has 0 saturated carbocycles. The van der Waals surface area contributed by atoms with Gasteiger partial charge in [-0.2, -0.15) is 9.97 Å². The highest BCUT2D eigenvalue weighted by molar-refractivity contribution is 6.03. The lowest BCUT2D eigenvalue weighted by Crippen LogP contribution is -2.51. The summed E-state index contributed by atoms with van der Waals surface area (Å²) in [6.45, 7) is 2.21. The Bertz CT molecular complexity index is 1740. The lowest BCUT2D eigenvalue weighted by atomic mass is 9.91. The molecule has 0 amide bonds. The van der Waals surface area contributed by atoms with Crippen molar-refractivity contribution in [2.75, 3.05) is 31.1 Å². The first-order valence-electron chi connectivity index (χ1n) is 14.5. The average Bonchev–Trinajstić information content (AvgIpc) is 3.50. The molecule has 3 atom stereocenters. The molecule has 1 aromatic heterocycles. The molecule has 7 rings (SSSR count). The Kier molecular flexibility index (Phi) is 6.81. The van der Waals surface area contributed by atoms with E-state index in [4.69, 9.17) is 4.74 Å². The standard InChI is InChI=1S/C31H30F5N5O2/c1-2-20-23(32)6-3-15-7-19(42)8-21(25(15)20)26-24(33)9-22-28(27(26)34)39-30(43-13-18-10-31(35,36)14-37-18)40-29(22)41-11-16-4-5-17(12-41)38-16/h3,6-9,16-18,37-38,42H,2,4-5,10-14H2,1H3/t16-,17+,18-/m0/s1. The van der Waals surface area contributed by atoms with Crippen molar-refractivity contribution in [3.05, 3.63) is 53.3 Å². The van der Waals surface area contributed by atoms with E-state index >= 15 is 8.78 Å². The molecule has 3 saturated heterocycles. The number of halogens is 5. The summed E-state index contributed by atoms with van der Waals surface area (Å²) < 4.78 is 80.8. The van der Waals surface area contributed by atoms with Crippen LogP contribution in [0.15, 0.2) is 30.3 Å². The van der Waals surface area contributed by atoms with E-state index in [0.717, 1.165) is 18.9 Å². The third-order valence-corrected chi connectivity index (χ3v) is 8.74. The van der Waals surface area contributed by atoms with Gasteiger partial charge >= 0.3 is 6.01 Å². The zero-order valence-electron chi connectivity index (χ0n) is 23.4. The van der Waals surface area contributed by atoms with Crippen molar-refractivity contribution in [3.8, 4) is 22.9 Å². The van der Waals surface area contributed by atoms with Crippen LogP contribution in [0.4, 0.5) is 27.8 Å². The Morgan fingerprint density at radius 1 is 1.05 bits per heavy atom. The zero-order chi connectivity index (χ0) is 30.0. The number of anilines is 1. The second-order valence-electron chi connectivity index (χ2n) is 11.7. The van der Waals surface area contributed by atoms with Crippen LogP contribution in [0.3, 0.4) is 0 Å². The largest absolute Gasteiger partial charge is 0.508 e. The number of piperazine rings is 1. The normalized spacial score (nSPS) is 23.0. The monoisotopic (exact) mass is 599 g/mol. The Balaban J connectivity index is 1.40. The zero-order valence-corrected chi connectivity index (χ0v) is 23.4. The van der Waals surface area contributed by atoms with Crippen LogP contribution in [-0.4, -0.2) is 65.4 Å². The van der Waals surface area contributed by atoms with Gasteiger partial charge in [-0.3, -0.25) is 0 Å². The molecule has 4 heterocycles. The van der Waals surface area contributed by atoms with Crippen LogP contribution in [-0.2, 0) is 6.42 Å². The maximum Gasteiger partial charge on any atom is 0.319 e. The van der Waals surface area contributed by atoms with Crippen LogP contribution in [0.1, 0.15) is 31.7 Å². The van der Waals surface area contributed by atoms with Crippen LogP contribution in [0.25, 0.3) is 32.8 Å². The van der Waals surface area contributed by atoms with Crippen molar-refractivity contribution in [1.82, 2.24) is 20.6 Å². The fraction of sp³-hybridized carbons (Fsp3) is 0.419. The predicted molar refractivity (Wildman–Crippen MR) is 152 cm³/mol. The maximum atomic E-state index is 16.6. The van der Waals surface area contributed by atoms with Gasteiger partial charge in [0, 0.05) is 43.0 Å². The third kappa shape index (κ3) is 5.00. The summed E-state index contributed by atoms with van der Waals surface area (Å²) in [6.07, 6.45) is 1.76. The maximum absolute atomic E-state index is 16.6. The number of hydrogen-bond acceptors (Lipinski definition) is 7. The number of nitrogens with one attached hydrogen (secondary N) is 2. The first-order chi connectivity index (χ1) is 20.6. The summed E-state index contributed by atoms with van der Waals surface area (Å²) in [6, 6.07) is 6.02. The summed E-state index contributed by atoms with van der Waals surface area (Å²) in [5.74, 6) is -5.28. The number of rotatable bonds is 6. The fourth-order valence-corrected chi connectivity index (χ4v) is 6.82. The molecule has 2 bridgehead atoms. The van der Waals surface area contributed by atoms with Gasteiger partial charge in [0.15, 0.2) is 5.82 Å². The minimum absolute atomic E-state index is 0.0107. The van der Waals surface area contributed by atoms with Gasteiger partial charge in [0.2, 0.25) is 0 Å². The van der Waals surface area contributed by atoms with Gasteiger partial charge in [0.25, 0.3) is 5.92 Å². The van der Waals surface area contributed by atoms with Gasteiger partial charge in [-0.05, 0) is 65.4 Å². The molecule has 3 N–H and O–H groups in total. The van der Waals surface area contributed by atoms with Crippen molar-refractivity contribution >= 4 is 27.5 Å². The first kappa shape index (κ1) is 28.0. The minimum atomic E-state index is -2.86. The average molecular weight is 600 g/mol. The first-order valence-corrected chi connectivity index (χ1v) is 14.5. The Morgan fingerprint density at radius 3 is 2.51 bits per heavy atom. The van der Waals surface area contributed by atoms with Crippen molar-refractivity contribution in [2.24, 2.45) is 0 Å². The molecule has 3 aromatic carbocycles. The van der Waals surface area contributed by atoms with Gasteiger partial charge in [0.1, 0.15) is 35.3 Å². The SMILES string of the molecule is CCc1c(F)ccc2cc(O)cc(-c3c(F)cc4c(N5C[C@H]6CC[C@@H](C5)N6)nc(OC[C@@H]5CC(F)(F)CN5)nc4c3F)c12. The minimum Gasteiger partial charge on any atom is -0.508 e. The molecule has 3 aliphatic rings. The van der Waals surface area contributed by atoms with E-state index in [2.05, 4.69) is 20.6 Å². The van der Waals surface area contributed by atoms with Crippen LogP contribution >= 0.6 is 0 Å². The van der Waals surface area contributed by atoms with Crippen LogP contribution in [0, 0.1) is 17.5 Å². The highest BCUT2D eigenvalue weighted by atomic mass is 19.3. The Labute approximate surface area is 244 Å². The number of aromatic hydroxyl groups is 1. The predicted octanol–water partition coefficient (Wildman–Crippen LogP) is 5.45. The summed E-state index contributed by atoms with van der Waals surface area (Å²) in [4.78, 5) is 10.8. The molecule has 43 heavy (non-hydrogen) atoms. The number of nitrogens with zero attached hydrogens (tertiary/aromatic N) is 3. The van der Waals surface area contributed by atoms with Gasteiger partial charge < -0.3 is 25.4 Å². The number of aromatic nitrogens is 2. The number of hydrogen-bond donors (Lipinski definition) is 3. The van der Waals surface area contributed by atoms with Crippen molar-refractivity contribution in [3.63, 3.8) is 0 Å². The number of benzene rings is 3. The van der Waals surface area contributed by atoms with E-state index in [9.17, 15) is 18.3 Å². The lowest BCUT2D eigenvalue weighted by molar-refractivity contribution is 0.0195. The summed E-state index contributed by atoms with van der Waals surface area (Å²) in [5, 5.41) is 17.5. The number of aryl methyl sites for hydroxylation is 1. The van der Waals surface area contributed by atoms with Gasteiger partial charge in [-0.25, -0.2) is 22.0 Å². The molecule has 3 aliphatic heterocycles. The molecular weight excluding hydrogens is 569 g/mol. The second-order valence-corrected chi connectivity index (χ2v) is 11.7. The summed E-state index contributed by atoms with van der Waals surface area (Å²) >= 11 is 0. The van der Waals surface area contributed by atoms with E-state index in [1.807, 2.05) is 4.90 Å². The van der Waals surface area contributed by atoms with Crippen LogP contribution in [0.2, 0.25) is 0 Å². The van der Waals surface area contributed by atoms with Gasteiger partial charge in [-0.1, -0.05) is 13.0 Å². The Morgan fingerprint density at radius 2 is 1.81 bits per heavy atom. The molecule has 7 nitrogen and oxygen atoms in total.